The molecule has 0 aliphatic carbocycles. The molecule has 0 unspecified atom stereocenters. The topological polar surface area (TPSA) is 129 Å². The summed E-state index contributed by atoms with van der Waals surface area (Å²) in [7, 11) is 1.41. The molecule has 0 aliphatic rings. The number of carbonyl (C=O) groups excluding carboxylic acids is 2. The molecule has 0 aliphatic heterocycles. The number of esters is 1. The number of amides is 1. The fourth-order valence-corrected chi connectivity index (χ4v) is 3.34. The van der Waals surface area contributed by atoms with Crippen molar-refractivity contribution in [3.63, 3.8) is 0 Å². The molecular weight excluding hydrogens is 478 g/mol. The number of nitro groups is 1. The Kier molecular flexibility index (Phi) is 7.69. The number of hydrogen-bond acceptors (Lipinski definition) is 8. The van der Waals surface area contributed by atoms with E-state index in [0.29, 0.717) is 11.3 Å². The van der Waals surface area contributed by atoms with Crippen LogP contribution in [0.15, 0.2) is 90.0 Å². The second-order valence-corrected chi connectivity index (χ2v) is 7.69. The second-order valence-electron chi connectivity index (χ2n) is 7.69. The molecule has 186 valence electrons. The maximum Gasteiger partial charge on any atom is 0.343 e. The zero-order valence-electron chi connectivity index (χ0n) is 19.6. The number of ether oxygens (including phenoxy) is 3. The fraction of sp³-hybridized carbons (Fsp3) is 0.0741. The third kappa shape index (κ3) is 6.45. The molecule has 37 heavy (non-hydrogen) atoms. The predicted octanol–water partition coefficient (Wildman–Crippen LogP) is 4.50. The Morgan fingerprint density at radius 1 is 0.946 bits per heavy atom. The highest BCUT2D eigenvalue weighted by atomic mass is 16.6. The smallest absolute Gasteiger partial charge is 0.343 e. The third-order valence-corrected chi connectivity index (χ3v) is 5.20. The third-order valence-electron chi connectivity index (χ3n) is 5.20. The number of hydrogen-bond donors (Lipinski definition) is 1. The average Bonchev–Trinajstić information content (AvgIpc) is 2.92. The van der Waals surface area contributed by atoms with Crippen LogP contribution in [0.25, 0.3) is 10.8 Å². The summed E-state index contributed by atoms with van der Waals surface area (Å²) in [5, 5.41) is 16.8. The Bertz CT molecular complexity index is 1480. The van der Waals surface area contributed by atoms with E-state index in [1.54, 1.807) is 18.2 Å². The lowest BCUT2D eigenvalue weighted by atomic mass is 10.1. The molecule has 4 aromatic rings. The van der Waals surface area contributed by atoms with Gasteiger partial charge in [0.05, 0.1) is 23.8 Å². The van der Waals surface area contributed by atoms with Crippen LogP contribution in [-0.4, -0.2) is 36.7 Å². The molecule has 1 N–H and O–H groups in total. The molecule has 0 saturated carbocycles. The highest BCUT2D eigenvalue weighted by molar-refractivity contribution is 5.92. The van der Waals surface area contributed by atoms with Crippen molar-refractivity contribution in [1.82, 2.24) is 5.43 Å². The summed E-state index contributed by atoms with van der Waals surface area (Å²) in [4.78, 5) is 34.7. The first-order chi connectivity index (χ1) is 17.9. The minimum atomic E-state index is -0.701. The summed E-state index contributed by atoms with van der Waals surface area (Å²) >= 11 is 0. The molecule has 1 amide bonds. The molecular formula is C27H21N3O7. The molecule has 10 heteroatoms. The zero-order chi connectivity index (χ0) is 26.2. The van der Waals surface area contributed by atoms with E-state index in [1.165, 1.54) is 43.7 Å². The number of carbonyl (C=O) groups is 2. The number of hydrazone groups is 1. The second kappa shape index (κ2) is 11.5. The highest BCUT2D eigenvalue weighted by Crippen LogP contribution is 2.28. The number of fused-ring (bicyclic) bond motifs is 1. The van der Waals surface area contributed by atoms with Gasteiger partial charge in [-0.25, -0.2) is 10.2 Å². The van der Waals surface area contributed by atoms with Gasteiger partial charge in [-0.2, -0.15) is 5.10 Å². The van der Waals surface area contributed by atoms with Crippen LogP contribution in [0.4, 0.5) is 5.69 Å². The maximum absolute atomic E-state index is 12.4. The highest BCUT2D eigenvalue weighted by Gasteiger charge is 2.14. The first-order valence-corrected chi connectivity index (χ1v) is 11.0. The summed E-state index contributed by atoms with van der Waals surface area (Å²) in [5.74, 6) is -0.166. The van der Waals surface area contributed by atoms with E-state index >= 15 is 0 Å². The van der Waals surface area contributed by atoms with Gasteiger partial charge in [-0.3, -0.25) is 14.9 Å². The molecule has 10 nitrogen and oxygen atoms in total. The molecule has 0 fully saturated rings. The van der Waals surface area contributed by atoms with Crippen molar-refractivity contribution in [1.29, 1.82) is 0 Å². The minimum absolute atomic E-state index is 0.134. The van der Waals surface area contributed by atoms with Crippen molar-refractivity contribution in [2.75, 3.05) is 13.7 Å². The molecule has 0 saturated heterocycles. The lowest BCUT2D eigenvalue weighted by Crippen LogP contribution is -2.24. The molecule has 0 aromatic heterocycles. The normalized spacial score (nSPS) is 10.7. The van der Waals surface area contributed by atoms with Crippen LogP contribution < -0.4 is 19.6 Å². The Morgan fingerprint density at radius 2 is 1.70 bits per heavy atom. The van der Waals surface area contributed by atoms with E-state index in [9.17, 15) is 19.7 Å². The van der Waals surface area contributed by atoms with Gasteiger partial charge in [0.25, 0.3) is 11.6 Å². The summed E-state index contributed by atoms with van der Waals surface area (Å²) in [5.41, 5.74) is 2.97. The predicted molar refractivity (Wildman–Crippen MR) is 136 cm³/mol. The van der Waals surface area contributed by atoms with Crippen LogP contribution in [0.3, 0.4) is 0 Å². The summed E-state index contributed by atoms with van der Waals surface area (Å²) in [6, 6.07) is 23.1. The van der Waals surface area contributed by atoms with Crippen molar-refractivity contribution < 1.29 is 28.7 Å². The Labute approximate surface area is 211 Å². The number of non-ortho nitro benzene ring substituents is 1. The van der Waals surface area contributed by atoms with Crippen molar-refractivity contribution >= 4 is 34.6 Å². The fourth-order valence-electron chi connectivity index (χ4n) is 3.34. The van der Waals surface area contributed by atoms with E-state index in [2.05, 4.69) is 10.5 Å². The van der Waals surface area contributed by atoms with Crippen LogP contribution in [0.2, 0.25) is 0 Å². The van der Waals surface area contributed by atoms with Gasteiger partial charge in [-0.05, 0) is 58.8 Å². The van der Waals surface area contributed by atoms with Crippen LogP contribution in [0.5, 0.6) is 17.2 Å². The average molecular weight is 499 g/mol. The monoisotopic (exact) mass is 499 g/mol. The van der Waals surface area contributed by atoms with Gasteiger partial charge in [0.15, 0.2) is 18.1 Å². The number of methoxy groups -OCH3 is 1. The van der Waals surface area contributed by atoms with E-state index in [-0.39, 0.29) is 29.4 Å². The first kappa shape index (κ1) is 24.9. The van der Waals surface area contributed by atoms with E-state index in [1.807, 2.05) is 36.4 Å². The van der Waals surface area contributed by atoms with Crippen LogP contribution >= 0.6 is 0 Å². The zero-order valence-corrected chi connectivity index (χ0v) is 19.6. The van der Waals surface area contributed by atoms with Crippen molar-refractivity contribution in [3.05, 3.63) is 106 Å². The van der Waals surface area contributed by atoms with Gasteiger partial charge >= 0.3 is 5.97 Å². The first-order valence-electron chi connectivity index (χ1n) is 11.0. The van der Waals surface area contributed by atoms with Gasteiger partial charge in [0.2, 0.25) is 0 Å². The maximum atomic E-state index is 12.4. The summed E-state index contributed by atoms with van der Waals surface area (Å²) in [6.07, 6.45) is 1.40. The van der Waals surface area contributed by atoms with E-state index < -0.39 is 16.8 Å². The standard InChI is InChI=1S/C27H21N3O7/c1-35-25-14-18(6-13-24(25)37-27(32)20-7-10-22(11-8-20)30(33)34)16-28-29-26(31)17-36-23-12-9-19-4-2-3-5-21(19)15-23/h2-16H,17H2,1H3,(H,29,31)/b28-16-. The lowest BCUT2D eigenvalue weighted by molar-refractivity contribution is -0.384. The number of benzene rings is 4. The largest absolute Gasteiger partial charge is 0.493 e. The number of rotatable bonds is 9. The number of nitrogens with one attached hydrogen (secondary N) is 1. The van der Waals surface area contributed by atoms with Crippen LogP contribution in [0.1, 0.15) is 15.9 Å². The SMILES string of the molecule is COc1cc(/C=N\NC(=O)COc2ccc3ccccc3c2)ccc1OC(=O)c1ccc([N+](=O)[O-])cc1. The summed E-state index contributed by atoms with van der Waals surface area (Å²) in [6.45, 7) is -0.212. The van der Waals surface area contributed by atoms with Gasteiger partial charge in [0, 0.05) is 12.1 Å². The summed E-state index contributed by atoms with van der Waals surface area (Å²) < 4.78 is 16.2. The molecule has 0 heterocycles. The van der Waals surface area contributed by atoms with Crippen molar-refractivity contribution in [2.45, 2.75) is 0 Å². The van der Waals surface area contributed by atoms with Gasteiger partial charge < -0.3 is 14.2 Å². The number of nitro benzene ring substituents is 1. The molecule has 0 bridgehead atoms. The van der Waals surface area contributed by atoms with Gasteiger partial charge in [-0.15, -0.1) is 0 Å². The number of nitrogens with zero attached hydrogens (tertiary/aromatic N) is 2. The van der Waals surface area contributed by atoms with Crippen molar-refractivity contribution in [2.24, 2.45) is 5.10 Å². The Balaban J connectivity index is 1.32. The van der Waals surface area contributed by atoms with Gasteiger partial charge in [-0.1, -0.05) is 30.3 Å². The Hall–Kier alpha value is -5.25. The van der Waals surface area contributed by atoms with Crippen LogP contribution in [-0.2, 0) is 4.79 Å². The molecule has 4 aromatic carbocycles. The van der Waals surface area contributed by atoms with E-state index in [0.717, 1.165) is 10.8 Å². The van der Waals surface area contributed by atoms with E-state index in [4.69, 9.17) is 14.2 Å². The lowest BCUT2D eigenvalue weighted by Gasteiger charge is -2.10. The Morgan fingerprint density at radius 3 is 2.43 bits per heavy atom. The van der Waals surface area contributed by atoms with Crippen molar-refractivity contribution in [3.8, 4) is 17.2 Å². The molecule has 0 spiro atoms. The quantitative estimate of drug-likeness (QED) is 0.118. The van der Waals surface area contributed by atoms with Crippen LogP contribution in [0, 0.1) is 10.1 Å². The minimum Gasteiger partial charge on any atom is -0.493 e. The molecule has 0 radical (unpaired) electrons. The van der Waals surface area contributed by atoms with Gasteiger partial charge in [0.1, 0.15) is 5.75 Å². The molecule has 0 atom stereocenters. The molecule has 4 rings (SSSR count).